The van der Waals surface area contributed by atoms with Gasteiger partial charge in [0.1, 0.15) is 5.01 Å². The first-order valence-electron chi connectivity index (χ1n) is 7.43. The van der Waals surface area contributed by atoms with Gasteiger partial charge < -0.3 is 5.32 Å². The van der Waals surface area contributed by atoms with E-state index < -0.39 is 0 Å². The van der Waals surface area contributed by atoms with Crippen molar-refractivity contribution >= 4 is 11.3 Å². The van der Waals surface area contributed by atoms with Crippen molar-refractivity contribution in [2.45, 2.75) is 51.6 Å². The second-order valence-electron chi connectivity index (χ2n) is 7.03. The van der Waals surface area contributed by atoms with Gasteiger partial charge in [-0.1, -0.05) is 20.8 Å². The zero-order valence-electron chi connectivity index (χ0n) is 12.3. The first kappa shape index (κ1) is 13.5. The lowest BCUT2D eigenvalue weighted by Crippen LogP contribution is -2.40. The molecule has 2 aliphatic rings. The molecule has 106 valence electrons. The summed E-state index contributed by atoms with van der Waals surface area (Å²) in [4.78, 5) is 7.40. The predicted octanol–water partition coefficient (Wildman–Crippen LogP) is 2.62. The van der Waals surface area contributed by atoms with E-state index >= 15 is 0 Å². The maximum absolute atomic E-state index is 4.82. The summed E-state index contributed by atoms with van der Waals surface area (Å²) in [6, 6.07) is 0.732. The second kappa shape index (κ2) is 5.15. The van der Waals surface area contributed by atoms with Crippen LogP contribution in [-0.2, 0) is 12.0 Å². The number of hydrogen-bond acceptors (Lipinski definition) is 4. The van der Waals surface area contributed by atoms with E-state index in [1.165, 1.54) is 43.2 Å². The molecule has 1 N–H and O–H groups in total. The molecule has 2 atom stereocenters. The molecule has 3 nitrogen and oxygen atoms in total. The van der Waals surface area contributed by atoms with Crippen LogP contribution in [-0.4, -0.2) is 35.6 Å². The zero-order chi connectivity index (χ0) is 13.5. The summed E-state index contributed by atoms with van der Waals surface area (Å²) in [5.74, 6) is 0.871. The standard InChI is InChI=1S/C15H25N3S/c1-15(2,3)13-10-19-14(17-13)9-18-7-11-5-4-6-16-12(11)8-18/h10-12,16H,4-9H2,1-3H3/t11-,12+/m0/s1. The molecule has 2 fully saturated rings. The third-order valence-electron chi connectivity index (χ3n) is 4.35. The third-order valence-corrected chi connectivity index (χ3v) is 5.19. The summed E-state index contributed by atoms with van der Waals surface area (Å²) in [6.07, 6.45) is 2.75. The highest BCUT2D eigenvalue weighted by atomic mass is 32.1. The van der Waals surface area contributed by atoms with Crippen LogP contribution in [0, 0.1) is 5.92 Å². The van der Waals surface area contributed by atoms with Crippen LogP contribution in [0.3, 0.4) is 0 Å². The number of piperidine rings is 1. The van der Waals surface area contributed by atoms with Gasteiger partial charge in [0.2, 0.25) is 0 Å². The minimum Gasteiger partial charge on any atom is -0.312 e. The Morgan fingerprint density at radius 3 is 2.95 bits per heavy atom. The summed E-state index contributed by atoms with van der Waals surface area (Å²) in [5.41, 5.74) is 1.41. The molecule has 1 aromatic rings. The minimum atomic E-state index is 0.176. The van der Waals surface area contributed by atoms with E-state index in [2.05, 4.69) is 36.4 Å². The maximum Gasteiger partial charge on any atom is 0.107 e. The molecule has 4 heteroatoms. The van der Waals surface area contributed by atoms with Crippen LogP contribution in [0.2, 0.25) is 0 Å². The van der Waals surface area contributed by atoms with Gasteiger partial charge in [0.05, 0.1) is 12.2 Å². The van der Waals surface area contributed by atoms with E-state index in [0.29, 0.717) is 0 Å². The summed E-state index contributed by atoms with van der Waals surface area (Å²) in [5, 5.41) is 7.18. The fourth-order valence-electron chi connectivity index (χ4n) is 3.18. The van der Waals surface area contributed by atoms with Crippen molar-refractivity contribution < 1.29 is 0 Å². The Bertz CT molecular complexity index is 421. The molecular formula is C15H25N3S. The number of aromatic nitrogens is 1. The molecule has 1 aromatic heterocycles. The average molecular weight is 279 g/mol. The van der Waals surface area contributed by atoms with E-state index in [9.17, 15) is 0 Å². The Labute approximate surface area is 120 Å². The lowest BCUT2D eigenvalue weighted by atomic mass is 9.93. The van der Waals surface area contributed by atoms with E-state index in [1.807, 2.05) is 11.3 Å². The largest absolute Gasteiger partial charge is 0.312 e. The highest BCUT2D eigenvalue weighted by Crippen LogP contribution is 2.28. The molecule has 0 radical (unpaired) electrons. The number of fused-ring (bicyclic) bond motifs is 1. The SMILES string of the molecule is CC(C)(C)c1csc(CN2C[C@@H]3CCCN[C@@H]3C2)n1. The number of thiazole rings is 1. The van der Waals surface area contributed by atoms with Gasteiger partial charge in [-0.25, -0.2) is 4.98 Å². The second-order valence-corrected chi connectivity index (χ2v) is 7.98. The van der Waals surface area contributed by atoms with Gasteiger partial charge in [0.25, 0.3) is 0 Å². The van der Waals surface area contributed by atoms with Crippen LogP contribution in [0.15, 0.2) is 5.38 Å². The Morgan fingerprint density at radius 1 is 1.42 bits per heavy atom. The van der Waals surface area contributed by atoms with Crippen LogP contribution in [0.4, 0.5) is 0 Å². The lowest BCUT2D eigenvalue weighted by Gasteiger charge is -2.24. The van der Waals surface area contributed by atoms with Crippen molar-refractivity contribution in [3.8, 4) is 0 Å². The predicted molar refractivity (Wildman–Crippen MR) is 80.6 cm³/mol. The molecule has 0 spiro atoms. The van der Waals surface area contributed by atoms with E-state index in [0.717, 1.165) is 18.5 Å². The van der Waals surface area contributed by atoms with Crippen LogP contribution in [0.5, 0.6) is 0 Å². The number of likely N-dealkylation sites (tertiary alicyclic amines) is 1. The van der Waals surface area contributed by atoms with Gasteiger partial charge in [0.15, 0.2) is 0 Å². The molecule has 0 bridgehead atoms. The van der Waals surface area contributed by atoms with Gasteiger partial charge in [-0.05, 0) is 25.3 Å². The van der Waals surface area contributed by atoms with Crippen molar-refractivity contribution in [1.29, 1.82) is 0 Å². The molecule has 3 rings (SSSR count). The van der Waals surface area contributed by atoms with E-state index in [1.54, 1.807) is 0 Å². The number of nitrogens with one attached hydrogen (secondary N) is 1. The van der Waals surface area contributed by atoms with Crippen LogP contribution < -0.4 is 5.32 Å². The van der Waals surface area contributed by atoms with Crippen molar-refractivity contribution in [1.82, 2.24) is 15.2 Å². The highest BCUT2D eigenvalue weighted by molar-refractivity contribution is 7.09. The molecule has 19 heavy (non-hydrogen) atoms. The molecular weight excluding hydrogens is 254 g/mol. The highest BCUT2D eigenvalue weighted by Gasteiger charge is 2.34. The fourth-order valence-corrected chi connectivity index (χ4v) is 4.25. The van der Waals surface area contributed by atoms with E-state index in [-0.39, 0.29) is 5.41 Å². The summed E-state index contributed by atoms with van der Waals surface area (Å²) < 4.78 is 0. The Kier molecular flexibility index (Phi) is 3.67. The third kappa shape index (κ3) is 3.01. The normalized spacial score (nSPS) is 28.6. The van der Waals surface area contributed by atoms with Gasteiger partial charge in [-0.15, -0.1) is 11.3 Å². The molecule has 0 aromatic carbocycles. The van der Waals surface area contributed by atoms with E-state index in [4.69, 9.17) is 4.98 Å². The molecule has 0 unspecified atom stereocenters. The average Bonchev–Trinajstić information content (AvgIpc) is 2.94. The Balaban J connectivity index is 1.61. The lowest BCUT2D eigenvalue weighted by molar-refractivity contribution is 0.311. The molecule has 0 aliphatic carbocycles. The number of hydrogen-bond donors (Lipinski definition) is 1. The monoisotopic (exact) mass is 279 g/mol. The number of nitrogens with zero attached hydrogens (tertiary/aromatic N) is 2. The molecule has 2 aliphatic heterocycles. The van der Waals surface area contributed by atoms with Gasteiger partial charge in [-0.3, -0.25) is 4.90 Å². The first-order chi connectivity index (χ1) is 9.02. The van der Waals surface area contributed by atoms with Crippen LogP contribution in [0.25, 0.3) is 0 Å². The van der Waals surface area contributed by atoms with Crippen molar-refractivity contribution in [2.24, 2.45) is 5.92 Å². The molecule has 0 amide bonds. The smallest absolute Gasteiger partial charge is 0.107 e. The molecule has 3 heterocycles. The molecule has 2 saturated heterocycles. The summed E-state index contributed by atoms with van der Waals surface area (Å²) in [7, 11) is 0. The van der Waals surface area contributed by atoms with Crippen molar-refractivity contribution in [3.05, 3.63) is 16.1 Å². The summed E-state index contributed by atoms with van der Waals surface area (Å²) >= 11 is 1.82. The summed E-state index contributed by atoms with van der Waals surface area (Å²) in [6.45, 7) is 11.4. The Morgan fingerprint density at radius 2 is 2.26 bits per heavy atom. The molecule has 0 saturated carbocycles. The zero-order valence-corrected chi connectivity index (χ0v) is 13.1. The Hall–Kier alpha value is -0.450. The van der Waals surface area contributed by atoms with Crippen molar-refractivity contribution in [2.75, 3.05) is 19.6 Å². The number of rotatable bonds is 2. The quantitative estimate of drug-likeness (QED) is 0.902. The van der Waals surface area contributed by atoms with Crippen LogP contribution in [0.1, 0.15) is 44.3 Å². The van der Waals surface area contributed by atoms with Crippen LogP contribution >= 0.6 is 11.3 Å². The topological polar surface area (TPSA) is 28.2 Å². The van der Waals surface area contributed by atoms with Gasteiger partial charge >= 0.3 is 0 Å². The minimum absolute atomic E-state index is 0.176. The first-order valence-corrected chi connectivity index (χ1v) is 8.31. The maximum atomic E-state index is 4.82. The van der Waals surface area contributed by atoms with Gasteiger partial charge in [-0.2, -0.15) is 0 Å². The fraction of sp³-hybridized carbons (Fsp3) is 0.800. The van der Waals surface area contributed by atoms with Gasteiger partial charge in [0, 0.05) is 29.9 Å². The van der Waals surface area contributed by atoms with Crippen molar-refractivity contribution in [3.63, 3.8) is 0 Å².